The van der Waals surface area contributed by atoms with Crippen molar-refractivity contribution >= 4 is 29.1 Å². The number of aromatic nitrogens is 3. The molecule has 2 heterocycles. The van der Waals surface area contributed by atoms with Crippen molar-refractivity contribution in [2.45, 2.75) is 0 Å². The van der Waals surface area contributed by atoms with Gasteiger partial charge in [0.25, 0.3) is 0 Å². The summed E-state index contributed by atoms with van der Waals surface area (Å²) in [5, 5.41) is 6.64. The zero-order valence-corrected chi connectivity index (χ0v) is 15.8. The molecule has 1 aromatic carbocycles. The lowest BCUT2D eigenvalue weighted by atomic mass is 10.2. The lowest BCUT2D eigenvalue weighted by Gasteiger charge is -2.14. The first-order valence-corrected chi connectivity index (χ1v) is 8.79. The van der Waals surface area contributed by atoms with Gasteiger partial charge in [-0.25, -0.2) is 9.37 Å². The Morgan fingerprint density at radius 3 is 2.56 bits per heavy atom. The van der Waals surface area contributed by atoms with Crippen molar-refractivity contribution < 1.29 is 4.39 Å². The fraction of sp³-hybridized carbons (Fsp3) is 0.211. The lowest BCUT2D eigenvalue weighted by Crippen LogP contribution is -2.21. The summed E-state index contributed by atoms with van der Waals surface area (Å²) >= 11 is 6.12. The first kappa shape index (κ1) is 19.0. The number of rotatable bonds is 7. The third-order valence-corrected chi connectivity index (χ3v) is 4.05. The molecular weight excluding hydrogens is 367 g/mol. The molecule has 2 aromatic heterocycles. The minimum atomic E-state index is -0.392. The van der Waals surface area contributed by atoms with Crippen LogP contribution < -0.4 is 10.6 Å². The monoisotopic (exact) mass is 386 g/mol. The summed E-state index contributed by atoms with van der Waals surface area (Å²) in [4.78, 5) is 15.2. The van der Waals surface area contributed by atoms with E-state index in [1.165, 1.54) is 12.1 Å². The van der Waals surface area contributed by atoms with Crippen LogP contribution in [0.3, 0.4) is 0 Å². The summed E-state index contributed by atoms with van der Waals surface area (Å²) in [6.07, 6.45) is 3.42. The average Bonchev–Trinajstić information content (AvgIpc) is 2.64. The third-order valence-electron chi connectivity index (χ3n) is 3.74. The standard InChI is InChI=1S/C19H20ClFN6/c1-27(2)10-9-23-19-25-17(13-5-7-22-8-6-13)12-18(26-19)24-16-4-3-14(21)11-15(16)20/h3-8,11-12H,9-10H2,1-2H3,(H2,23,24,25,26). The molecular formula is C19H20ClFN6. The van der Waals surface area contributed by atoms with E-state index < -0.39 is 5.82 Å². The minimum Gasteiger partial charge on any atom is -0.353 e. The highest BCUT2D eigenvalue weighted by Crippen LogP contribution is 2.28. The molecule has 0 unspecified atom stereocenters. The van der Waals surface area contributed by atoms with Crippen molar-refractivity contribution in [1.29, 1.82) is 0 Å². The Bertz CT molecular complexity index is 904. The molecule has 3 rings (SSSR count). The molecule has 140 valence electrons. The van der Waals surface area contributed by atoms with E-state index >= 15 is 0 Å². The summed E-state index contributed by atoms with van der Waals surface area (Å²) < 4.78 is 13.3. The number of nitrogens with zero attached hydrogens (tertiary/aromatic N) is 4. The molecule has 0 saturated heterocycles. The Kier molecular flexibility index (Phi) is 6.16. The van der Waals surface area contributed by atoms with E-state index in [-0.39, 0.29) is 5.02 Å². The second-order valence-electron chi connectivity index (χ2n) is 6.18. The van der Waals surface area contributed by atoms with Crippen molar-refractivity contribution in [1.82, 2.24) is 19.9 Å². The van der Waals surface area contributed by atoms with Gasteiger partial charge in [0.2, 0.25) is 5.95 Å². The quantitative estimate of drug-likeness (QED) is 0.638. The van der Waals surface area contributed by atoms with Gasteiger partial charge in [-0.1, -0.05) is 11.6 Å². The van der Waals surface area contributed by atoms with E-state index in [9.17, 15) is 4.39 Å². The Morgan fingerprint density at radius 1 is 1.07 bits per heavy atom. The molecule has 0 fully saturated rings. The van der Waals surface area contributed by atoms with Gasteiger partial charge in [-0.05, 0) is 44.4 Å². The Balaban J connectivity index is 1.91. The fourth-order valence-corrected chi connectivity index (χ4v) is 2.60. The van der Waals surface area contributed by atoms with Crippen LogP contribution in [-0.4, -0.2) is 47.0 Å². The predicted molar refractivity (Wildman–Crippen MR) is 107 cm³/mol. The summed E-state index contributed by atoms with van der Waals surface area (Å²) in [5.41, 5.74) is 2.22. The van der Waals surface area contributed by atoms with Crippen molar-refractivity contribution in [3.8, 4) is 11.3 Å². The van der Waals surface area contributed by atoms with Crippen molar-refractivity contribution in [2.24, 2.45) is 0 Å². The molecule has 0 radical (unpaired) electrons. The van der Waals surface area contributed by atoms with Crippen LogP contribution in [0, 0.1) is 5.82 Å². The molecule has 0 bridgehead atoms. The Hall–Kier alpha value is -2.77. The number of anilines is 3. The number of hydrogen-bond donors (Lipinski definition) is 2. The number of halogens is 2. The van der Waals surface area contributed by atoms with Gasteiger partial charge in [0.1, 0.15) is 11.6 Å². The zero-order chi connectivity index (χ0) is 19.2. The van der Waals surface area contributed by atoms with Crippen LogP contribution in [0.2, 0.25) is 5.02 Å². The maximum Gasteiger partial charge on any atom is 0.225 e. The molecule has 0 aliphatic rings. The first-order valence-electron chi connectivity index (χ1n) is 8.41. The van der Waals surface area contributed by atoms with Gasteiger partial charge in [0, 0.05) is 37.1 Å². The van der Waals surface area contributed by atoms with Crippen molar-refractivity contribution in [3.63, 3.8) is 0 Å². The van der Waals surface area contributed by atoms with Gasteiger partial charge >= 0.3 is 0 Å². The van der Waals surface area contributed by atoms with E-state index in [1.807, 2.05) is 32.3 Å². The zero-order valence-electron chi connectivity index (χ0n) is 15.1. The highest BCUT2D eigenvalue weighted by molar-refractivity contribution is 6.33. The molecule has 0 saturated carbocycles. The van der Waals surface area contributed by atoms with E-state index in [0.29, 0.717) is 24.0 Å². The van der Waals surface area contributed by atoms with Crippen LogP contribution in [0.15, 0.2) is 48.8 Å². The maximum absolute atomic E-state index is 13.3. The van der Waals surface area contributed by atoms with Crippen LogP contribution in [0.1, 0.15) is 0 Å². The number of benzene rings is 1. The van der Waals surface area contributed by atoms with Gasteiger partial charge in [-0.15, -0.1) is 0 Å². The van der Waals surface area contributed by atoms with Crippen LogP contribution in [-0.2, 0) is 0 Å². The smallest absolute Gasteiger partial charge is 0.225 e. The summed E-state index contributed by atoms with van der Waals surface area (Å²) in [6, 6.07) is 9.73. The molecule has 0 spiro atoms. The molecule has 8 heteroatoms. The van der Waals surface area contributed by atoms with Gasteiger partial charge in [0.15, 0.2) is 0 Å². The Labute approximate surface area is 162 Å². The van der Waals surface area contributed by atoms with Crippen molar-refractivity contribution in [2.75, 3.05) is 37.8 Å². The first-order chi connectivity index (χ1) is 13.0. The minimum absolute atomic E-state index is 0.279. The van der Waals surface area contributed by atoms with Gasteiger partial charge in [0.05, 0.1) is 16.4 Å². The third kappa shape index (κ3) is 5.35. The number of hydrogen-bond acceptors (Lipinski definition) is 6. The summed E-state index contributed by atoms with van der Waals surface area (Å²) in [7, 11) is 4.00. The van der Waals surface area contributed by atoms with Crippen LogP contribution in [0.25, 0.3) is 11.3 Å². The van der Waals surface area contributed by atoms with E-state index in [4.69, 9.17) is 11.6 Å². The predicted octanol–water partition coefficient (Wildman–Crippen LogP) is 4.05. The Morgan fingerprint density at radius 2 is 1.85 bits per heavy atom. The van der Waals surface area contributed by atoms with Crippen LogP contribution >= 0.6 is 11.6 Å². The lowest BCUT2D eigenvalue weighted by molar-refractivity contribution is 0.425. The topological polar surface area (TPSA) is 66.0 Å². The van der Waals surface area contributed by atoms with E-state index in [0.717, 1.165) is 17.8 Å². The van der Waals surface area contributed by atoms with Crippen LogP contribution in [0.4, 0.5) is 21.8 Å². The average molecular weight is 387 g/mol. The molecule has 0 aliphatic carbocycles. The SMILES string of the molecule is CN(C)CCNc1nc(Nc2ccc(F)cc2Cl)cc(-c2ccncc2)n1. The molecule has 0 amide bonds. The number of nitrogens with one attached hydrogen (secondary N) is 2. The van der Waals surface area contributed by atoms with Gasteiger partial charge < -0.3 is 15.5 Å². The van der Waals surface area contributed by atoms with Crippen LogP contribution in [0.5, 0.6) is 0 Å². The molecule has 6 nitrogen and oxygen atoms in total. The largest absolute Gasteiger partial charge is 0.353 e. The molecule has 0 aliphatic heterocycles. The summed E-state index contributed by atoms with van der Waals surface area (Å²) in [6.45, 7) is 1.54. The van der Waals surface area contributed by atoms with E-state index in [2.05, 4.69) is 30.5 Å². The van der Waals surface area contributed by atoms with Gasteiger partial charge in [-0.2, -0.15) is 4.98 Å². The molecule has 3 aromatic rings. The normalized spacial score (nSPS) is 10.9. The van der Waals surface area contributed by atoms with E-state index in [1.54, 1.807) is 18.5 Å². The summed E-state index contributed by atoms with van der Waals surface area (Å²) in [5.74, 6) is 0.654. The number of pyridine rings is 1. The number of likely N-dealkylation sites (N-methyl/N-ethyl adjacent to an activating group) is 1. The van der Waals surface area contributed by atoms with Crippen molar-refractivity contribution in [3.05, 3.63) is 59.6 Å². The highest BCUT2D eigenvalue weighted by Gasteiger charge is 2.09. The fourth-order valence-electron chi connectivity index (χ4n) is 2.38. The molecule has 0 atom stereocenters. The van der Waals surface area contributed by atoms with Gasteiger partial charge in [-0.3, -0.25) is 4.98 Å². The highest BCUT2D eigenvalue weighted by atomic mass is 35.5. The maximum atomic E-state index is 13.3. The molecule has 2 N–H and O–H groups in total. The second-order valence-corrected chi connectivity index (χ2v) is 6.58. The molecule has 27 heavy (non-hydrogen) atoms. The second kappa shape index (κ2) is 8.75.